The summed E-state index contributed by atoms with van der Waals surface area (Å²) in [6, 6.07) is 9.47. The van der Waals surface area contributed by atoms with Crippen LogP contribution in [0, 0.1) is 4.77 Å². The SMILES string of the molecule is CCc1cc2c(=O)n(-c3ccc(Br)cc3)c(=S)[nH]c2s1. The van der Waals surface area contributed by atoms with Crippen LogP contribution in [0.2, 0.25) is 0 Å². The first-order valence-electron chi connectivity index (χ1n) is 6.14. The Morgan fingerprint density at radius 3 is 2.70 bits per heavy atom. The minimum absolute atomic E-state index is 0.0676. The molecule has 0 aliphatic carbocycles. The fourth-order valence-electron chi connectivity index (χ4n) is 2.06. The van der Waals surface area contributed by atoms with Gasteiger partial charge in [-0.05, 0) is 49.0 Å². The van der Waals surface area contributed by atoms with E-state index < -0.39 is 0 Å². The Morgan fingerprint density at radius 1 is 1.35 bits per heavy atom. The van der Waals surface area contributed by atoms with E-state index in [1.54, 1.807) is 11.3 Å². The molecule has 20 heavy (non-hydrogen) atoms. The molecule has 1 N–H and O–H groups in total. The number of nitrogens with one attached hydrogen (secondary N) is 1. The smallest absolute Gasteiger partial charge is 0.267 e. The number of aryl methyl sites for hydroxylation is 1. The van der Waals surface area contributed by atoms with Crippen molar-refractivity contribution in [2.45, 2.75) is 13.3 Å². The lowest BCUT2D eigenvalue weighted by atomic mass is 10.3. The molecule has 0 saturated carbocycles. The van der Waals surface area contributed by atoms with Gasteiger partial charge in [-0.3, -0.25) is 9.36 Å². The average molecular weight is 367 g/mol. The Kier molecular flexibility index (Phi) is 3.62. The van der Waals surface area contributed by atoms with Crippen LogP contribution in [-0.4, -0.2) is 9.55 Å². The summed E-state index contributed by atoms with van der Waals surface area (Å²) in [5.74, 6) is 0. The highest BCUT2D eigenvalue weighted by atomic mass is 79.9. The molecule has 0 spiro atoms. The number of rotatable bonds is 2. The second-order valence-electron chi connectivity index (χ2n) is 4.36. The Morgan fingerprint density at radius 2 is 2.05 bits per heavy atom. The average Bonchev–Trinajstić information content (AvgIpc) is 2.84. The van der Waals surface area contributed by atoms with Crippen molar-refractivity contribution in [3.63, 3.8) is 0 Å². The number of H-pyrrole nitrogens is 1. The van der Waals surface area contributed by atoms with Crippen LogP contribution in [0.4, 0.5) is 0 Å². The lowest BCUT2D eigenvalue weighted by Gasteiger charge is -2.06. The van der Waals surface area contributed by atoms with Crippen molar-refractivity contribution >= 4 is 49.7 Å². The van der Waals surface area contributed by atoms with Crippen LogP contribution in [0.3, 0.4) is 0 Å². The van der Waals surface area contributed by atoms with Crippen molar-refractivity contribution in [2.24, 2.45) is 0 Å². The molecule has 0 radical (unpaired) electrons. The molecule has 0 amide bonds. The molecule has 0 atom stereocenters. The Labute approximate surface area is 133 Å². The number of halogens is 1. The van der Waals surface area contributed by atoms with Crippen LogP contribution in [0.25, 0.3) is 15.9 Å². The quantitative estimate of drug-likeness (QED) is 0.681. The summed E-state index contributed by atoms with van der Waals surface area (Å²) >= 11 is 10.3. The van der Waals surface area contributed by atoms with Crippen LogP contribution in [-0.2, 0) is 6.42 Å². The number of hydrogen-bond donors (Lipinski definition) is 1. The maximum absolute atomic E-state index is 12.6. The van der Waals surface area contributed by atoms with Crippen molar-refractivity contribution in [3.05, 3.63) is 54.8 Å². The fraction of sp³-hybridized carbons (Fsp3) is 0.143. The fourth-order valence-corrected chi connectivity index (χ4v) is 3.66. The second-order valence-corrected chi connectivity index (χ2v) is 6.80. The molecule has 0 unspecified atom stereocenters. The number of hydrogen-bond acceptors (Lipinski definition) is 3. The zero-order valence-electron chi connectivity index (χ0n) is 10.6. The summed E-state index contributed by atoms with van der Waals surface area (Å²) in [7, 11) is 0. The van der Waals surface area contributed by atoms with Crippen molar-refractivity contribution in [2.75, 3.05) is 0 Å². The molecule has 6 heteroatoms. The second kappa shape index (κ2) is 5.27. The van der Waals surface area contributed by atoms with E-state index in [4.69, 9.17) is 12.2 Å². The van der Waals surface area contributed by atoms with Crippen LogP contribution in [0.5, 0.6) is 0 Å². The third-order valence-corrected chi connectivity index (χ3v) is 5.08. The van der Waals surface area contributed by atoms with Gasteiger partial charge in [0.15, 0.2) is 4.77 Å². The number of nitrogens with zero attached hydrogens (tertiary/aromatic N) is 1. The van der Waals surface area contributed by atoms with Crippen LogP contribution in [0.15, 0.2) is 39.6 Å². The summed E-state index contributed by atoms with van der Waals surface area (Å²) in [5, 5.41) is 0.698. The molecule has 3 aromatic rings. The van der Waals surface area contributed by atoms with Crippen LogP contribution < -0.4 is 5.56 Å². The van der Waals surface area contributed by atoms with Crippen molar-refractivity contribution in [1.82, 2.24) is 9.55 Å². The first-order valence-corrected chi connectivity index (χ1v) is 8.15. The molecule has 0 aliphatic rings. The van der Waals surface area contributed by atoms with Gasteiger partial charge in [0, 0.05) is 9.35 Å². The van der Waals surface area contributed by atoms with Gasteiger partial charge >= 0.3 is 0 Å². The van der Waals surface area contributed by atoms with E-state index in [0.29, 0.717) is 10.2 Å². The normalized spacial score (nSPS) is 11.1. The van der Waals surface area contributed by atoms with E-state index in [2.05, 4.69) is 27.8 Å². The minimum Gasteiger partial charge on any atom is -0.323 e. The highest BCUT2D eigenvalue weighted by Gasteiger charge is 2.10. The highest BCUT2D eigenvalue weighted by molar-refractivity contribution is 9.10. The van der Waals surface area contributed by atoms with Gasteiger partial charge < -0.3 is 4.98 Å². The predicted molar refractivity (Wildman–Crippen MR) is 89.7 cm³/mol. The van der Waals surface area contributed by atoms with Gasteiger partial charge in [-0.1, -0.05) is 22.9 Å². The monoisotopic (exact) mass is 366 g/mol. The van der Waals surface area contributed by atoms with E-state index in [-0.39, 0.29) is 5.56 Å². The number of thiophene rings is 1. The van der Waals surface area contributed by atoms with E-state index in [1.165, 1.54) is 9.44 Å². The Bertz CT molecular complexity index is 890. The van der Waals surface area contributed by atoms with Crippen LogP contribution >= 0.6 is 39.5 Å². The van der Waals surface area contributed by atoms with Crippen LogP contribution in [0.1, 0.15) is 11.8 Å². The van der Waals surface area contributed by atoms with Gasteiger partial charge in [-0.25, -0.2) is 0 Å². The van der Waals surface area contributed by atoms with Gasteiger partial charge in [0.25, 0.3) is 5.56 Å². The highest BCUT2D eigenvalue weighted by Crippen LogP contribution is 2.22. The molecule has 102 valence electrons. The van der Waals surface area contributed by atoms with Crippen molar-refractivity contribution in [3.8, 4) is 5.69 Å². The lowest BCUT2D eigenvalue weighted by molar-refractivity contribution is 0.943. The first kappa shape index (κ1) is 13.7. The molecule has 3 nitrogen and oxygen atoms in total. The number of benzene rings is 1. The summed E-state index contributed by atoms with van der Waals surface area (Å²) in [5.41, 5.74) is 0.702. The standard InChI is InChI=1S/C14H11BrN2OS2/c1-2-10-7-11-12(20-10)16-14(19)17(13(11)18)9-5-3-8(15)4-6-9/h3-7H,2H2,1H3,(H,16,19). The maximum Gasteiger partial charge on any atom is 0.267 e. The van der Waals surface area contributed by atoms with E-state index >= 15 is 0 Å². The molecule has 0 fully saturated rings. The van der Waals surface area contributed by atoms with E-state index in [1.807, 2.05) is 30.3 Å². The third kappa shape index (κ3) is 2.28. The number of fused-ring (bicyclic) bond motifs is 1. The number of aromatic nitrogens is 2. The molecule has 2 heterocycles. The Balaban J connectivity index is 2.33. The maximum atomic E-state index is 12.6. The summed E-state index contributed by atoms with van der Waals surface area (Å²) < 4.78 is 2.93. The van der Waals surface area contributed by atoms with Gasteiger partial charge in [-0.15, -0.1) is 11.3 Å². The van der Waals surface area contributed by atoms with Crippen molar-refractivity contribution in [1.29, 1.82) is 0 Å². The number of aromatic amines is 1. The van der Waals surface area contributed by atoms with E-state index in [9.17, 15) is 4.79 Å². The largest absolute Gasteiger partial charge is 0.323 e. The van der Waals surface area contributed by atoms with E-state index in [0.717, 1.165) is 21.4 Å². The summed E-state index contributed by atoms with van der Waals surface area (Å²) in [6.45, 7) is 2.08. The van der Waals surface area contributed by atoms with Crippen molar-refractivity contribution < 1.29 is 0 Å². The molecule has 0 aliphatic heterocycles. The molecule has 3 rings (SSSR count). The molecule has 0 saturated heterocycles. The first-order chi connectivity index (χ1) is 9.60. The van der Waals surface area contributed by atoms with Gasteiger partial charge in [0.05, 0.1) is 11.1 Å². The summed E-state index contributed by atoms with van der Waals surface area (Å²) in [6.07, 6.45) is 0.914. The lowest BCUT2D eigenvalue weighted by Crippen LogP contribution is -2.19. The summed E-state index contributed by atoms with van der Waals surface area (Å²) in [4.78, 5) is 17.8. The topological polar surface area (TPSA) is 37.8 Å². The Hall–Kier alpha value is -1.24. The molecule has 0 bridgehead atoms. The third-order valence-electron chi connectivity index (χ3n) is 3.07. The molecular weight excluding hydrogens is 356 g/mol. The predicted octanol–water partition coefficient (Wildman–Crippen LogP) is 4.43. The van der Waals surface area contributed by atoms with Gasteiger partial charge in [0.1, 0.15) is 4.83 Å². The van der Waals surface area contributed by atoms with Gasteiger partial charge in [0.2, 0.25) is 0 Å². The molecule has 1 aromatic carbocycles. The molecule has 2 aromatic heterocycles. The molecular formula is C14H11BrN2OS2. The minimum atomic E-state index is -0.0676. The van der Waals surface area contributed by atoms with Gasteiger partial charge in [-0.2, -0.15) is 0 Å². The zero-order valence-corrected chi connectivity index (χ0v) is 13.9. The zero-order chi connectivity index (χ0) is 14.3.